The van der Waals surface area contributed by atoms with Gasteiger partial charge in [0.25, 0.3) is 0 Å². The van der Waals surface area contributed by atoms with E-state index in [0.717, 1.165) is 0 Å². The van der Waals surface area contributed by atoms with Crippen LogP contribution in [0.3, 0.4) is 0 Å². The predicted octanol–water partition coefficient (Wildman–Crippen LogP) is 3.64. The van der Waals surface area contributed by atoms with E-state index in [0.29, 0.717) is 11.4 Å². The number of rotatable bonds is 0. The van der Waals surface area contributed by atoms with Gasteiger partial charge < -0.3 is 21.7 Å². The Kier molecular flexibility index (Phi) is 7.47. The van der Waals surface area contributed by atoms with Crippen molar-refractivity contribution in [2.45, 2.75) is 0 Å². The van der Waals surface area contributed by atoms with E-state index in [4.69, 9.17) is 21.7 Å². The van der Waals surface area contributed by atoms with E-state index in [1.165, 1.54) is 0 Å². The summed E-state index contributed by atoms with van der Waals surface area (Å²) in [5.74, 6) is 0.499. The Bertz CT molecular complexity index is 511. The molecule has 0 heterocycles. The van der Waals surface area contributed by atoms with Crippen molar-refractivity contribution in [1.29, 1.82) is 0 Å². The molecule has 0 aliphatic rings. The molecule has 0 radical (unpaired) electrons. The molecule has 0 aromatic heterocycles. The van der Waals surface area contributed by atoms with Crippen LogP contribution in [-0.2, 0) is 0 Å². The number of phenolic OH excluding ortho intramolecular Hbond substituents is 2. The highest BCUT2D eigenvalue weighted by Gasteiger charge is 1.83. The zero-order valence-electron chi connectivity index (χ0n) is 12.1. The molecule has 0 spiro atoms. The average molecular weight is 296 g/mol. The Hall–Kier alpha value is -3.14. The van der Waals surface area contributed by atoms with Crippen molar-refractivity contribution in [3.05, 3.63) is 84.9 Å². The van der Waals surface area contributed by atoms with Gasteiger partial charge in [-0.15, -0.1) is 0 Å². The van der Waals surface area contributed by atoms with Gasteiger partial charge in [-0.1, -0.05) is 36.4 Å². The number of phenols is 2. The van der Waals surface area contributed by atoms with Crippen LogP contribution in [0.25, 0.3) is 0 Å². The molecule has 22 heavy (non-hydrogen) atoms. The molecular weight excluding hydrogens is 276 g/mol. The van der Waals surface area contributed by atoms with Crippen molar-refractivity contribution in [2.24, 2.45) is 0 Å². The van der Waals surface area contributed by atoms with E-state index in [1.54, 1.807) is 48.5 Å². The fraction of sp³-hybridized carbons (Fsp3) is 0. The lowest BCUT2D eigenvalue weighted by molar-refractivity contribution is 0.475. The fourth-order valence-electron chi connectivity index (χ4n) is 1.33. The van der Waals surface area contributed by atoms with Crippen LogP contribution < -0.4 is 11.5 Å². The predicted molar refractivity (Wildman–Crippen MR) is 91.5 cm³/mol. The Balaban J connectivity index is 0.000000167. The number of nitrogen functional groups attached to an aromatic ring is 2. The van der Waals surface area contributed by atoms with Crippen LogP contribution in [0.1, 0.15) is 0 Å². The molecule has 3 aromatic carbocycles. The van der Waals surface area contributed by atoms with Gasteiger partial charge in [-0.25, -0.2) is 0 Å². The second kappa shape index (κ2) is 9.72. The van der Waals surface area contributed by atoms with Crippen LogP contribution in [0.5, 0.6) is 11.5 Å². The molecule has 0 aliphatic heterocycles. The standard InChI is InChI=1S/2C6H7NO.C6H6/c2*7-5-1-3-6(8)4-2-5;1-2-4-6-5-3-1/h2*1-4,8H,7H2;1-6H. The monoisotopic (exact) mass is 296 g/mol. The van der Waals surface area contributed by atoms with E-state index in [-0.39, 0.29) is 11.5 Å². The van der Waals surface area contributed by atoms with E-state index < -0.39 is 0 Å². The summed E-state index contributed by atoms with van der Waals surface area (Å²) in [6.07, 6.45) is 0. The lowest BCUT2D eigenvalue weighted by atomic mass is 10.3. The summed E-state index contributed by atoms with van der Waals surface area (Å²) in [6.45, 7) is 0. The molecule has 0 fully saturated rings. The van der Waals surface area contributed by atoms with Gasteiger partial charge in [0.15, 0.2) is 0 Å². The third-order valence-corrected chi connectivity index (χ3v) is 2.45. The summed E-state index contributed by atoms with van der Waals surface area (Å²) in [5, 5.41) is 17.4. The molecular formula is C18H20N2O2. The Morgan fingerprint density at radius 2 is 0.682 bits per heavy atom. The van der Waals surface area contributed by atoms with Crippen molar-refractivity contribution in [2.75, 3.05) is 11.5 Å². The van der Waals surface area contributed by atoms with E-state index >= 15 is 0 Å². The SMILES string of the molecule is Nc1ccc(O)cc1.Nc1ccc(O)cc1.c1ccccc1. The molecule has 0 aliphatic carbocycles. The summed E-state index contributed by atoms with van der Waals surface area (Å²) < 4.78 is 0. The van der Waals surface area contributed by atoms with Gasteiger partial charge in [0.1, 0.15) is 11.5 Å². The van der Waals surface area contributed by atoms with E-state index in [1.807, 2.05) is 36.4 Å². The molecule has 3 rings (SSSR count). The van der Waals surface area contributed by atoms with Gasteiger partial charge in [-0.2, -0.15) is 0 Å². The molecule has 6 N–H and O–H groups in total. The molecule has 114 valence electrons. The molecule has 0 atom stereocenters. The lowest BCUT2D eigenvalue weighted by Crippen LogP contribution is -1.80. The van der Waals surface area contributed by atoms with Crippen molar-refractivity contribution in [1.82, 2.24) is 0 Å². The average Bonchev–Trinajstić information content (AvgIpc) is 2.56. The first kappa shape index (κ1) is 16.9. The van der Waals surface area contributed by atoms with Crippen LogP contribution in [0, 0.1) is 0 Å². The minimum atomic E-state index is 0.249. The maximum absolute atomic E-state index is 8.70. The molecule has 0 unspecified atom stereocenters. The molecule has 4 heteroatoms. The van der Waals surface area contributed by atoms with Crippen LogP contribution in [0.4, 0.5) is 11.4 Å². The minimum absolute atomic E-state index is 0.249. The molecule has 3 aromatic rings. The first-order valence-corrected chi connectivity index (χ1v) is 6.67. The second-order valence-electron chi connectivity index (χ2n) is 4.34. The van der Waals surface area contributed by atoms with Crippen molar-refractivity contribution < 1.29 is 10.2 Å². The van der Waals surface area contributed by atoms with Crippen LogP contribution in [-0.4, -0.2) is 10.2 Å². The smallest absolute Gasteiger partial charge is 0.115 e. The van der Waals surface area contributed by atoms with Gasteiger partial charge in [0, 0.05) is 11.4 Å². The Morgan fingerprint density at radius 1 is 0.455 bits per heavy atom. The van der Waals surface area contributed by atoms with Gasteiger partial charge in [-0.05, 0) is 48.5 Å². The first-order valence-electron chi connectivity index (χ1n) is 6.67. The summed E-state index contributed by atoms with van der Waals surface area (Å²) in [5.41, 5.74) is 12.0. The largest absolute Gasteiger partial charge is 0.508 e. The quantitative estimate of drug-likeness (QED) is 0.376. The zero-order chi connectivity index (χ0) is 16.2. The number of benzene rings is 3. The molecule has 0 saturated carbocycles. The summed E-state index contributed by atoms with van der Waals surface area (Å²) in [6, 6.07) is 24.8. The topological polar surface area (TPSA) is 92.5 Å². The van der Waals surface area contributed by atoms with Crippen molar-refractivity contribution in [3.8, 4) is 11.5 Å². The van der Waals surface area contributed by atoms with Gasteiger partial charge in [0.05, 0.1) is 0 Å². The molecule has 0 bridgehead atoms. The van der Waals surface area contributed by atoms with Gasteiger partial charge in [-0.3, -0.25) is 0 Å². The van der Waals surface area contributed by atoms with Crippen molar-refractivity contribution in [3.63, 3.8) is 0 Å². The molecule has 0 saturated heterocycles. The van der Waals surface area contributed by atoms with E-state index in [2.05, 4.69) is 0 Å². The third-order valence-electron chi connectivity index (χ3n) is 2.45. The zero-order valence-corrected chi connectivity index (χ0v) is 12.1. The number of anilines is 2. The number of hydrogen-bond acceptors (Lipinski definition) is 4. The highest BCUT2D eigenvalue weighted by Crippen LogP contribution is 2.10. The Morgan fingerprint density at radius 3 is 0.864 bits per heavy atom. The summed E-state index contributed by atoms with van der Waals surface area (Å²) in [7, 11) is 0. The normalized spacial score (nSPS) is 8.73. The minimum Gasteiger partial charge on any atom is -0.508 e. The second-order valence-corrected chi connectivity index (χ2v) is 4.34. The number of aromatic hydroxyl groups is 2. The summed E-state index contributed by atoms with van der Waals surface area (Å²) >= 11 is 0. The van der Waals surface area contributed by atoms with Gasteiger partial charge >= 0.3 is 0 Å². The maximum atomic E-state index is 8.70. The van der Waals surface area contributed by atoms with Gasteiger partial charge in [0.2, 0.25) is 0 Å². The van der Waals surface area contributed by atoms with Crippen LogP contribution in [0.15, 0.2) is 84.9 Å². The lowest BCUT2D eigenvalue weighted by Gasteiger charge is -1.89. The van der Waals surface area contributed by atoms with E-state index in [9.17, 15) is 0 Å². The van der Waals surface area contributed by atoms with Crippen LogP contribution in [0.2, 0.25) is 0 Å². The summed E-state index contributed by atoms with van der Waals surface area (Å²) in [4.78, 5) is 0. The maximum Gasteiger partial charge on any atom is 0.115 e. The number of hydrogen-bond donors (Lipinski definition) is 4. The Labute approximate surface area is 130 Å². The number of nitrogens with two attached hydrogens (primary N) is 2. The molecule has 4 nitrogen and oxygen atoms in total. The fourth-order valence-corrected chi connectivity index (χ4v) is 1.33. The highest BCUT2D eigenvalue weighted by molar-refractivity contribution is 5.41. The third kappa shape index (κ3) is 8.12. The van der Waals surface area contributed by atoms with Crippen molar-refractivity contribution >= 4 is 11.4 Å². The first-order chi connectivity index (χ1) is 10.6. The van der Waals surface area contributed by atoms with Crippen LogP contribution >= 0.6 is 0 Å². The highest BCUT2D eigenvalue weighted by atomic mass is 16.3. The molecule has 0 amide bonds.